The molecule has 6 heteroatoms. The minimum absolute atomic E-state index is 0.0965. The van der Waals surface area contributed by atoms with Gasteiger partial charge in [0.2, 0.25) is 0 Å². The van der Waals surface area contributed by atoms with Crippen molar-refractivity contribution in [1.82, 2.24) is 4.57 Å². The number of halogens is 2. The molecule has 0 aliphatic carbocycles. The third-order valence-electron chi connectivity index (χ3n) is 3.88. The fraction of sp³-hybridized carbons (Fsp3) is 0.111. The van der Waals surface area contributed by atoms with Crippen molar-refractivity contribution in [2.45, 2.75) is 6.54 Å². The number of hydrogen-bond donors (Lipinski definition) is 1. The van der Waals surface area contributed by atoms with Crippen molar-refractivity contribution in [2.75, 3.05) is 5.73 Å². The molecule has 122 valence electrons. The van der Waals surface area contributed by atoms with Crippen LogP contribution in [0.2, 0.25) is 0 Å². The molecular formula is C18H16BrFN3O+. The lowest BCUT2D eigenvalue weighted by molar-refractivity contribution is -0.667. The maximum atomic E-state index is 13.0. The molecular weight excluding hydrogens is 373 g/mol. The molecule has 0 atom stereocenters. The summed E-state index contributed by atoms with van der Waals surface area (Å²) in [6.45, 7) is 0.0965. The van der Waals surface area contributed by atoms with Crippen molar-refractivity contribution >= 4 is 27.7 Å². The van der Waals surface area contributed by atoms with Crippen molar-refractivity contribution in [3.8, 4) is 11.3 Å². The Morgan fingerprint density at radius 2 is 1.96 bits per heavy atom. The van der Waals surface area contributed by atoms with E-state index < -0.39 is 0 Å². The minimum atomic E-state index is -0.365. The molecule has 0 unspecified atom stereocenters. The van der Waals surface area contributed by atoms with Crippen LogP contribution in [0, 0.1) is 5.82 Å². The predicted octanol–water partition coefficient (Wildman–Crippen LogP) is 3.35. The standard InChI is InChI=1S/C18H15BrFN3O/c1-22-16(13-3-2-4-14(19)9-13)10-23(18(22)21)11-17(24)12-5-7-15(20)8-6-12/h2-10,21H,11H2,1H3/p+1. The van der Waals surface area contributed by atoms with Gasteiger partial charge in [-0.2, -0.15) is 0 Å². The lowest BCUT2D eigenvalue weighted by atomic mass is 10.1. The summed E-state index contributed by atoms with van der Waals surface area (Å²) in [7, 11) is 1.85. The number of anilines is 1. The lowest BCUT2D eigenvalue weighted by Crippen LogP contribution is -2.39. The van der Waals surface area contributed by atoms with E-state index in [0.717, 1.165) is 15.7 Å². The molecule has 24 heavy (non-hydrogen) atoms. The fourth-order valence-corrected chi connectivity index (χ4v) is 2.94. The number of rotatable bonds is 4. The largest absolute Gasteiger partial charge is 0.355 e. The molecule has 0 bridgehead atoms. The lowest BCUT2D eigenvalue weighted by Gasteiger charge is -2.00. The highest BCUT2D eigenvalue weighted by Crippen LogP contribution is 2.23. The number of ketones is 1. The van der Waals surface area contributed by atoms with E-state index in [1.54, 1.807) is 4.57 Å². The number of Topliss-reactive ketones (excluding diaryl/α,β-unsaturated/α-hetero) is 1. The van der Waals surface area contributed by atoms with Gasteiger partial charge >= 0.3 is 5.95 Å². The third-order valence-corrected chi connectivity index (χ3v) is 4.37. The molecule has 0 spiro atoms. The zero-order chi connectivity index (χ0) is 17.3. The summed E-state index contributed by atoms with van der Waals surface area (Å²) in [6, 6.07) is 13.4. The quantitative estimate of drug-likeness (QED) is 0.550. The topological polar surface area (TPSA) is 51.9 Å². The van der Waals surface area contributed by atoms with Crippen LogP contribution >= 0.6 is 15.9 Å². The van der Waals surface area contributed by atoms with Gasteiger partial charge in [-0.15, -0.1) is 0 Å². The number of nitrogens with zero attached hydrogens (tertiary/aromatic N) is 2. The first-order chi connectivity index (χ1) is 11.5. The molecule has 0 saturated heterocycles. The molecule has 3 rings (SSSR count). The van der Waals surface area contributed by atoms with E-state index in [9.17, 15) is 9.18 Å². The van der Waals surface area contributed by atoms with Gasteiger partial charge in [0.05, 0.1) is 7.05 Å². The van der Waals surface area contributed by atoms with Crippen LogP contribution in [-0.2, 0) is 13.6 Å². The zero-order valence-corrected chi connectivity index (χ0v) is 14.6. The average molecular weight is 389 g/mol. The summed E-state index contributed by atoms with van der Waals surface area (Å²) in [5, 5.41) is 0. The van der Waals surface area contributed by atoms with Gasteiger partial charge in [0.25, 0.3) is 0 Å². The average Bonchev–Trinajstić information content (AvgIpc) is 2.84. The van der Waals surface area contributed by atoms with Crippen molar-refractivity contribution in [2.24, 2.45) is 7.05 Å². The summed E-state index contributed by atoms with van der Waals surface area (Å²) < 4.78 is 17.5. The van der Waals surface area contributed by atoms with E-state index in [4.69, 9.17) is 5.73 Å². The highest BCUT2D eigenvalue weighted by molar-refractivity contribution is 9.10. The summed E-state index contributed by atoms with van der Waals surface area (Å²) in [5.74, 6) is -0.0195. The Bertz CT molecular complexity index is 903. The molecule has 0 fully saturated rings. The molecule has 3 aromatic rings. The second kappa shape index (κ2) is 6.57. The third kappa shape index (κ3) is 3.23. The second-order valence-corrected chi connectivity index (χ2v) is 6.42. The zero-order valence-electron chi connectivity index (χ0n) is 13.0. The van der Waals surface area contributed by atoms with E-state index in [1.165, 1.54) is 24.3 Å². The van der Waals surface area contributed by atoms with Gasteiger partial charge in [0.1, 0.15) is 24.3 Å². The molecule has 1 aromatic heterocycles. The maximum Gasteiger partial charge on any atom is 0.355 e. The summed E-state index contributed by atoms with van der Waals surface area (Å²) in [4.78, 5) is 12.4. The number of nitrogens with two attached hydrogens (primary N) is 1. The second-order valence-electron chi connectivity index (χ2n) is 5.50. The van der Waals surface area contributed by atoms with Gasteiger partial charge in [0.15, 0.2) is 5.78 Å². The van der Waals surface area contributed by atoms with Crippen LogP contribution in [0.15, 0.2) is 59.2 Å². The number of aromatic nitrogens is 2. The molecule has 0 amide bonds. The number of carbonyl (C=O) groups is 1. The highest BCUT2D eigenvalue weighted by atomic mass is 79.9. The monoisotopic (exact) mass is 388 g/mol. The maximum absolute atomic E-state index is 13.0. The number of nitrogen functional groups attached to an aromatic ring is 1. The van der Waals surface area contributed by atoms with E-state index in [1.807, 2.05) is 42.1 Å². The molecule has 0 aliphatic rings. The molecule has 4 nitrogen and oxygen atoms in total. The Morgan fingerprint density at radius 3 is 2.62 bits per heavy atom. The fourth-order valence-electron chi connectivity index (χ4n) is 2.54. The number of benzene rings is 2. The first-order valence-corrected chi connectivity index (χ1v) is 8.14. The number of hydrogen-bond acceptors (Lipinski definition) is 2. The van der Waals surface area contributed by atoms with Gasteiger partial charge in [-0.05, 0) is 36.4 Å². The molecule has 0 radical (unpaired) electrons. The van der Waals surface area contributed by atoms with Crippen molar-refractivity contribution in [1.29, 1.82) is 0 Å². The Morgan fingerprint density at radius 1 is 1.25 bits per heavy atom. The Kier molecular flexibility index (Phi) is 4.49. The van der Waals surface area contributed by atoms with Crippen molar-refractivity contribution in [3.05, 3.63) is 70.6 Å². The van der Waals surface area contributed by atoms with E-state index >= 15 is 0 Å². The number of carbonyl (C=O) groups excluding carboxylic acids is 1. The van der Waals surface area contributed by atoms with Gasteiger partial charge in [0, 0.05) is 15.6 Å². The van der Waals surface area contributed by atoms with Crippen LogP contribution in [0.25, 0.3) is 11.3 Å². The van der Waals surface area contributed by atoms with Gasteiger partial charge in [-0.25, -0.2) is 13.5 Å². The molecule has 2 aromatic carbocycles. The van der Waals surface area contributed by atoms with E-state index in [0.29, 0.717) is 11.5 Å². The summed E-state index contributed by atoms with van der Waals surface area (Å²) in [6.07, 6.45) is 1.85. The first-order valence-electron chi connectivity index (χ1n) is 7.35. The van der Waals surface area contributed by atoms with Gasteiger partial charge in [-0.3, -0.25) is 10.5 Å². The Balaban J connectivity index is 1.91. The highest BCUT2D eigenvalue weighted by Gasteiger charge is 2.20. The smallest absolute Gasteiger partial charge is 0.291 e. The van der Waals surface area contributed by atoms with Crippen LogP contribution in [0.5, 0.6) is 0 Å². The van der Waals surface area contributed by atoms with Gasteiger partial charge < -0.3 is 0 Å². The molecule has 0 aliphatic heterocycles. The van der Waals surface area contributed by atoms with Crippen molar-refractivity contribution < 1.29 is 13.8 Å². The Labute approximate surface area is 147 Å². The molecule has 0 saturated carbocycles. The van der Waals surface area contributed by atoms with Crippen LogP contribution in [0.4, 0.5) is 10.3 Å². The molecule has 2 N–H and O–H groups in total. The van der Waals surface area contributed by atoms with Gasteiger partial charge in [-0.1, -0.05) is 28.1 Å². The van der Waals surface area contributed by atoms with Crippen LogP contribution in [0.3, 0.4) is 0 Å². The van der Waals surface area contributed by atoms with Crippen molar-refractivity contribution in [3.63, 3.8) is 0 Å². The normalized spacial score (nSPS) is 10.8. The van der Waals surface area contributed by atoms with Crippen LogP contribution in [-0.4, -0.2) is 10.4 Å². The predicted molar refractivity (Wildman–Crippen MR) is 93.9 cm³/mol. The summed E-state index contributed by atoms with van der Waals surface area (Å²) >= 11 is 3.45. The van der Waals surface area contributed by atoms with E-state index in [2.05, 4.69) is 15.9 Å². The SMILES string of the molecule is Cn1c(-c2cccc(Br)c2)c[n+](CC(=O)c2ccc(F)cc2)c1N. The minimum Gasteiger partial charge on any atom is -0.291 e. The summed E-state index contributed by atoms with van der Waals surface area (Å²) in [5.41, 5.74) is 8.48. The number of imidazole rings is 1. The van der Waals surface area contributed by atoms with Crippen LogP contribution in [0.1, 0.15) is 10.4 Å². The first kappa shape index (κ1) is 16.4. The van der Waals surface area contributed by atoms with Crippen LogP contribution < -0.4 is 10.3 Å². The van der Waals surface area contributed by atoms with E-state index in [-0.39, 0.29) is 18.1 Å². The molecule has 1 heterocycles. The Hall–Kier alpha value is -2.47.